The summed E-state index contributed by atoms with van der Waals surface area (Å²) in [5.41, 5.74) is -0.0208. The lowest BCUT2D eigenvalue weighted by molar-refractivity contribution is -0.384. The van der Waals surface area contributed by atoms with Crippen LogP contribution in [0, 0.1) is 10.1 Å². The molecule has 8 nitrogen and oxygen atoms in total. The number of benzene rings is 2. The molecule has 0 saturated carbocycles. The van der Waals surface area contributed by atoms with Crippen LogP contribution in [-0.4, -0.2) is 17.9 Å². The van der Waals surface area contributed by atoms with Crippen LogP contribution in [0.4, 0.5) is 11.4 Å². The second kappa shape index (κ2) is 8.85. The minimum Gasteiger partial charge on any atom is -0.496 e. The van der Waals surface area contributed by atoms with Crippen LogP contribution >= 0.6 is 23.2 Å². The highest BCUT2D eigenvalue weighted by atomic mass is 35.5. The first kappa shape index (κ1) is 20.5. The molecule has 0 aliphatic rings. The predicted octanol–water partition coefficient (Wildman–Crippen LogP) is 5.33. The molecule has 10 heteroatoms. The molecule has 3 aromatic rings. The van der Waals surface area contributed by atoms with Gasteiger partial charge in [0.15, 0.2) is 5.76 Å². The normalized spacial score (nSPS) is 10.4. The van der Waals surface area contributed by atoms with Gasteiger partial charge in [0.05, 0.1) is 28.8 Å². The van der Waals surface area contributed by atoms with Crippen molar-refractivity contribution in [1.82, 2.24) is 0 Å². The molecule has 0 saturated heterocycles. The zero-order valence-electron chi connectivity index (χ0n) is 15.0. The molecule has 150 valence electrons. The molecule has 0 bridgehead atoms. The smallest absolute Gasteiger partial charge is 0.291 e. The van der Waals surface area contributed by atoms with E-state index in [1.165, 1.54) is 31.4 Å². The number of furan rings is 1. The summed E-state index contributed by atoms with van der Waals surface area (Å²) < 4.78 is 16.0. The second-order valence-electron chi connectivity index (χ2n) is 5.74. The van der Waals surface area contributed by atoms with Crippen molar-refractivity contribution in [2.45, 2.75) is 6.61 Å². The summed E-state index contributed by atoms with van der Waals surface area (Å²) >= 11 is 12.0. The topological polar surface area (TPSA) is 104 Å². The number of halogens is 2. The number of carbonyl (C=O) groups excluding carboxylic acids is 1. The number of non-ortho nitro benzene ring substituents is 1. The standard InChI is InChI=1S/C19H14Cl2N2O6/c1-27-14-8-11(7-12(9-14)23(25)26)22-19(24)17-6-5-13(29-17)10-28-16-4-2-3-15(20)18(16)21/h2-9H,10H2,1H3,(H,22,24). The number of methoxy groups -OCH3 is 1. The van der Waals surface area contributed by atoms with Crippen molar-refractivity contribution in [1.29, 1.82) is 0 Å². The first-order valence-corrected chi connectivity index (χ1v) is 8.93. The highest BCUT2D eigenvalue weighted by Gasteiger charge is 2.16. The Kier molecular flexibility index (Phi) is 6.26. The van der Waals surface area contributed by atoms with Crippen LogP contribution < -0.4 is 14.8 Å². The molecule has 0 radical (unpaired) electrons. The highest BCUT2D eigenvalue weighted by molar-refractivity contribution is 6.42. The van der Waals surface area contributed by atoms with Crippen molar-refractivity contribution in [2.75, 3.05) is 12.4 Å². The van der Waals surface area contributed by atoms with Crippen molar-refractivity contribution in [3.63, 3.8) is 0 Å². The summed E-state index contributed by atoms with van der Waals surface area (Å²) in [6, 6.07) is 11.9. The number of nitro benzene ring substituents is 1. The fourth-order valence-corrected chi connectivity index (χ4v) is 2.74. The molecule has 1 amide bonds. The van der Waals surface area contributed by atoms with Crippen molar-refractivity contribution < 1.29 is 23.6 Å². The number of hydrogen-bond donors (Lipinski definition) is 1. The Morgan fingerprint density at radius 2 is 2.00 bits per heavy atom. The average molecular weight is 437 g/mol. The van der Waals surface area contributed by atoms with Gasteiger partial charge in [-0.2, -0.15) is 0 Å². The van der Waals surface area contributed by atoms with Gasteiger partial charge < -0.3 is 19.2 Å². The van der Waals surface area contributed by atoms with Crippen LogP contribution in [0.1, 0.15) is 16.3 Å². The number of rotatable bonds is 7. The number of nitro groups is 1. The van der Waals surface area contributed by atoms with E-state index in [9.17, 15) is 14.9 Å². The number of nitrogens with zero attached hydrogens (tertiary/aromatic N) is 1. The Morgan fingerprint density at radius 1 is 1.21 bits per heavy atom. The maximum Gasteiger partial charge on any atom is 0.291 e. The Hall–Kier alpha value is -3.23. The van der Waals surface area contributed by atoms with E-state index in [1.54, 1.807) is 24.3 Å². The van der Waals surface area contributed by atoms with E-state index in [-0.39, 0.29) is 34.5 Å². The van der Waals surface area contributed by atoms with Crippen LogP contribution in [0.25, 0.3) is 0 Å². The molecule has 0 fully saturated rings. The van der Waals surface area contributed by atoms with E-state index < -0.39 is 10.8 Å². The molecule has 1 aromatic heterocycles. The fraction of sp³-hybridized carbons (Fsp3) is 0.105. The lowest BCUT2D eigenvalue weighted by Crippen LogP contribution is -2.11. The van der Waals surface area contributed by atoms with Gasteiger partial charge in [-0.15, -0.1) is 0 Å². The fourth-order valence-electron chi connectivity index (χ4n) is 2.39. The maximum atomic E-state index is 12.4. The van der Waals surface area contributed by atoms with Crippen molar-refractivity contribution in [3.8, 4) is 11.5 Å². The highest BCUT2D eigenvalue weighted by Crippen LogP contribution is 2.32. The summed E-state index contributed by atoms with van der Waals surface area (Å²) in [6.07, 6.45) is 0. The third kappa shape index (κ3) is 4.98. The molecule has 0 unspecified atom stereocenters. The molecule has 1 heterocycles. The third-order valence-corrected chi connectivity index (χ3v) is 4.57. The molecule has 0 aliphatic carbocycles. The SMILES string of the molecule is COc1cc(NC(=O)c2ccc(COc3cccc(Cl)c3Cl)o2)cc([N+](=O)[O-])c1. The van der Waals surface area contributed by atoms with Crippen LogP contribution in [0.5, 0.6) is 11.5 Å². The zero-order chi connectivity index (χ0) is 21.0. The monoisotopic (exact) mass is 436 g/mol. The lowest BCUT2D eigenvalue weighted by atomic mass is 10.2. The van der Waals surface area contributed by atoms with Gasteiger partial charge >= 0.3 is 0 Å². The quantitative estimate of drug-likeness (QED) is 0.396. The maximum absolute atomic E-state index is 12.4. The van der Waals surface area contributed by atoms with Gasteiger partial charge in [0.1, 0.15) is 28.9 Å². The third-order valence-electron chi connectivity index (χ3n) is 3.77. The van der Waals surface area contributed by atoms with E-state index in [0.29, 0.717) is 16.5 Å². The zero-order valence-corrected chi connectivity index (χ0v) is 16.5. The second-order valence-corrected chi connectivity index (χ2v) is 6.52. The minimum atomic E-state index is -0.584. The Morgan fingerprint density at radius 3 is 2.72 bits per heavy atom. The van der Waals surface area contributed by atoms with Crippen molar-refractivity contribution in [3.05, 3.63) is 80.2 Å². The Bertz CT molecular complexity index is 1070. The van der Waals surface area contributed by atoms with Gasteiger partial charge in [-0.1, -0.05) is 29.3 Å². The molecule has 2 aromatic carbocycles. The molecule has 0 atom stereocenters. The van der Waals surface area contributed by atoms with E-state index >= 15 is 0 Å². The Balaban J connectivity index is 1.69. The van der Waals surface area contributed by atoms with Crippen LogP contribution in [0.15, 0.2) is 52.9 Å². The number of nitrogens with one attached hydrogen (secondary N) is 1. The summed E-state index contributed by atoms with van der Waals surface area (Å²) in [6.45, 7) is 0.0258. The number of carbonyl (C=O) groups is 1. The number of anilines is 1. The van der Waals surface area contributed by atoms with Crippen LogP contribution in [0.2, 0.25) is 10.0 Å². The number of hydrogen-bond acceptors (Lipinski definition) is 6. The van der Waals surface area contributed by atoms with Crippen LogP contribution in [-0.2, 0) is 6.61 Å². The van der Waals surface area contributed by atoms with Gasteiger partial charge in [-0.3, -0.25) is 14.9 Å². The minimum absolute atomic E-state index is 0.00580. The first-order chi connectivity index (χ1) is 13.9. The molecule has 0 spiro atoms. The lowest BCUT2D eigenvalue weighted by Gasteiger charge is -2.07. The van der Waals surface area contributed by atoms with E-state index in [1.807, 2.05) is 0 Å². The molecular weight excluding hydrogens is 423 g/mol. The summed E-state index contributed by atoms with van der Waals surface area (Å²) in [7, 11) is 1.37. The molecule has 1 N–H and O–H groups in total. The summed E-state index contributed by atoms with van der Waals surface area (Å²) in [5.74, 6) is 0.417. The van der Waals surface area contributed by atoms with Crippen molar-refractivity contribution >= 4 is 40.5 Å². The molecular formula is C19H14Cl2N2O6. The largest absolute Gasteiger partial charge is 0.496 e. The molecule has 29 heavy (non-hydrogen) atoms. The van der Waals surface area contributed by atoms with E-state index in [0.717, 1.165) is 0 Å². The van der Waals surface area contributed by atoms with E-state index in [2.05, 4.69) is 5.32 Å². The number of amides is 1. The predicted molar refractivity (Wildman–Crippen MR) is 107 cm³/mol. The number of ether oxygens (including phenoxy) is 2. The summed E-state index contributed by atoms with van der Waals surface area (Å²) in [4.78, 5) is 22.8. The van der Waals surface area contributed by atoms with Gasteiger partial charge in [-0.25, -0.2) is 0 Å². The van der Waals surface area contributed by atoms with Crippen molar-refractivity contribution in [2.24, 2.45) is 0 Å². The molecule has 3 rings (SSSR count). The molecule has 0 aliphatic heterocycles. The van der Waals surface area contributed by atoms with Gasteiger partial charge in [0.2, 0.25) is 0 Å². The Labute approximate surface area is 175 Å². The first-order valence-electron chi connectivity index (χ1n) is 8.17. The van der Waals surface area contributed by atoms with Gasteiger partial charge in [0.25, 0.3) is 11.6 Å². The van der Waals surface area contributed by atoms with E-state index in [4.69, 9.17) is 37.1 Å². The van der Waals surface area contributed by atoms with Gasteiger partial charge in [0, 0.05) is 12.1 Å². The van der Waals surface area contributed by atoms with Crippen LogP contribution in [0.3, 0.4) is 0 Å². The van der Waals surface area contributed by atoms with Gasteiger partial charge in [-0.05, 0) is 24.3 Å². The summed E-state index contributed by atoms with van der Waals surface area (Å²) in [5, 5.41) is 14.2. The average Bonchev–Trinajstić information content (AvgIpc) is 3.18.